The number of rotatable bonds is 12. The third-order valence-corrected chi connectivity index (χ3v) is 18.9. The van der Waals surface area contributed by atoms with Gasteiger partial charge in [-0.1, -0.05) is 0 Å². The molecular weight excluding hydrogens is 523 g/mol. The van der Waals surface area contributed by atoms with Gasteiger partial charge in [-0.2, -0.15) is 0 Å². The van der Waals surface area contributed by atoms with Crippen LogP contribution in [0, 0.1) is 20.8 Å². The van der Waals surface area contributed by atoms with E-state index in [-0.39, 0.29) is 0 Å². The van der Waals surface area contributed by atoms with Gasteiger partial charge in [-0.3, -0.25) is 0 Å². The van der Waals surface area contributed by atoms with Crippen molar-refractivity contribution in [1.82, 2.24) is 0 Å². The van der Waals surface area contributed by atoms with Crippen molar-refractivity contribution in [2.24, 2.45) is 0 Å². The fraction of sp³-hybridized carbons (Fsp3) is 0.471. The maximum absolute atomic E-state index is 3.01. The van der Waals surface area contributed by atoms with E-state index in [1.54, 1.807) is 13.2 Å². The molecule has 0 aliphatic carbocycles. The van der Waals surface area contributed by atoms with Gasteiger partial charge in [0.25, 0.3) is 0 Å². The Morgan fingerprint density at radius 2 is 0.684 bits per heavy atom. The molecule has 3 aromatic rings. The van der Waals surface area contributed by atoms with E-state index in [2.05, 4.69) is 137 Å². The van der Waals surface area contributed by atoms with Gasteiger partial charge in [-0.05, 0) is 0 Å². The van der Waals surface area contributed by atoms with Crippen molar-refractivity contribution in [1.29, 1.82) is 0 Å². The Morgan fingerprint density at radius 3 is 0.868 bits per heavy atom. The number of hydrogen-bond acceptors (Lipinski definition) is 3. The molecule has 0 aromatic heterocycles. The summed E-state index contributed by atoms with van der Waals surface area (Å²) in [5.74, 6) is 2.62. The molecule has 0 saturated heterocycles. The van der Waals surface area contributed by atoms with Gasteiger partial charge in [0.1, 0.15) is 0 Å². The zero-order valence-corrected chi connectivity index (χ0v) is 27.9. The average molecular weight is 574 g/mol. The summed E-state index contributed by atoms with van der Waals surface area (Å²) in [6, 6.07) is 21.8. The topological polar surface area (TPSA) is 9.72 Å². The Bertz CT molecular complexity index is 1060. The van der Waals surface area contributed by atoms with Crippen LogP contribution in [0.5, 0.6) is 0 Å². The molecule has 0 fully saturated rings. The standard InChI is InChI=1S/C34H51GeN3/c1-11-36(12-2)29-17-20-32(26(7)23-29)35(10,33-21-18-30(24-27(33)8)37(13-3)14-4)34-22-19-31(25-28(34)9)38(15-5)16-6/h17-25H,11-16H2,1-10H3. The molecule has 3 aromatic carbocycles. The summed E-state index contributed by atoms with van der Waals surface area (Å²) in [5.41, 5.74) is 8.29. The van der Waals surface area contributed by atoms with Gasteiger partial charge in [-0.25, -0.2) is 0 Å². The summed E-state index contributed by atoms with van der Waals surface area (Å²) in [6.45, 7) is 26.7. The van der Waals surface area contributed by atoms with E-state index in [9.17, 15) is 0 Å². The normalized spacial score (nSPS) is 11.5. The number of hydrogen-bond donors (Lipinski definition) is 0. The molecule has 3 rings (SSSR count). The van der Waals surface area contributed by atoms with Gasteiger partial charge < -0.3 is 0 Å². The number of anilines is 3. The van der Waals surface area contributed by atoms with E-state index < -0.39 is 13.3 Å². The zero-order valence-electron chi connectivity index (χ0n) is 25.8. The summed E-state index contributed by atoms with van der Waals surface area (Å²) in [6.07, 6.45) is 0. The monoisotopic (exact) mass is 575 g/mol. The van der Waals surface area contributed by atoms with Gasteiger partial charge >= 0.3 is 237 Å². The second-order valence-corrected chi connectivity index (χ2v) is 18.8. The van der Waals surface area contributed by atoms with Crippen LogP contribution in [0.4, 0.5) is 17.1 Å². The van der Waals surface area contributed by atoms with Crippen molar-refractivity contribution in [3.8, 4) is 0 Å². The first kappa shape index (κ1) is 30.1. The Morgan fingerprint density at radius 1 is 0.447 bits per heavy atom. The van der Waals surface area contributed by atoms with Crippen molar-refractivity contribution < 1.29 is 0 Å². The molecule has 0 N–H and O–H groups in total. The molecule has 0 unspecified atom stereocenters. The van der Waals surface area contributed by atoms with Crippen LogP contribution in [-0.4, -0.2) is 52.5 Å². The molecule has 4 heteroatoms. The average Bonchev–Trinajstić information content (AvgIpc) is 2.90. The summed E-state index contributed by atoms with van der Waals surface area (Å²) < 4.78 is 4.70. The number of nitrogens with zero attached hydrogens (tertiary/aromatic N) is 3. The van der Waals surface area contributed by atoms with Crippen LogP contribution < -0.4 is 27.9 Å². The zero-order chi connectivity index (χ0) is 28.0. The molecule has 0 aliphatic rings. The first-order valence-electron chi connectivity index (χ1n) is 14.8. The molecule has 0 saturated carbocycles. The molecular formula is C34H51GeN3. The van der Waals surface area contributed by atoms with E-state index in [0.717, 1.165) is 39.3 Å². The van der Waals surface area contributed by atoms with Gasteiger partial charge in [0.15, 0.2) is 0 Å². The van der Waals surface area contributed by atoms with E-state index in [1.165, 1.54) is 33.8 Å². The molecule has 38 heavy (non-hydrogen) atoms. The summed E-state index contributed by atoms with van der Waals surface area (Å²) in [7, 11) is 0. The number of benzene rings is 3. The van der Waals surface area contributed by atoms with Crippen LogP contribution in [0.15, 0.2) is 54.6 Å². The first-order chi connectivity index (χ1) is 18.2. The second kappa shape index (κ2) is 13.1. The van der Waals surface area contributed by atoms with E-state index in [1.807, 2.05) is 0 Å². The van der Waals surface area contributed by atoms with Gasteiger partial charge in [0, 0.05) is 0 Å². The predicted octanol–water partition coefficient (Wildman–Crippen LogP) is 6.25. The fourth-order valence-electron chi connectivity index (χ4n) is 6.42. The maximum atomic E-state index is 2.62. The summed E-state index contributed by atoms with van der Waals surface area (Å²) in [5, 5.41) is 0. The van der Waals surface area contributed by atoms with Crippen molar-refractivity contribution in [3.63, 3.8) is 0 Å². The second-order valence-electron chi connectivity index (χ2n) is 10.6. The molecule has 3 nitrogen and oxygen atoms in total. The fourth-order valence-corrected chi connectivity index (χ4v) is 16.3. The molecule has 0 spiro atoms. The third kappa shape index (κ3) is 5.78. The molecule has 0 amide bonds. The van der Waals surface area contributed by atoms with Crippen LogP contribution in [0.2, 0.25) is 5.76 Å². The van der Waals surface area contributed by atoms with Crippen molar-refractivity contribution >= 4 is 43.5 Å². The first-order valence-corrected chi connectivity index (χ1v) is 20.0. The van der Waals surface area contributed by atoms with Crippen LogP contribution in [0.25, 0.3) is 0 Å². The van der Waals surface area contributed by atoms with Crippen molar-refractivity contribution in [2.75, 3.05) is 54.0 Å². The Kier molecular flexibility index (Phi) is 10.4. The van der Waals surface area contributed by atoms with Gasteiger partial charge in [0.05, 0.1) is 0 Å². The molecule has 0 heterocycles. The predicted molar refractivity (Wildman–Crippen MR) is 175 cm³/mol. The Balaban J connectivity index is 2.28. The van der Waals surface area contributed by atoms with E-state index in [0.29, 0.717) is 0 Å². The molecule has 0 bridgehead atoms. The molecule has 0 radical (unpaired) electrons. The minimum absolute atomic E-state index is 1.03. The summed E-state index contributed by atoms with van der Waals surface area (Å²) in [4.78, 5) is 7.36. The SMILES string of the molecule is CCN(CC)c1cc[c]([Ge]([CH3])([c]2ccc(N(CC)CC)cc2C)[c]2ccc(N(CC)CC)cc2C)c(C)c1. The Hall–Kier alpha value is -2.40. The molecule has 0 aliphatic heterocycles. The van der Waals surface area contributed by atoms with Crippen LogP contribution in [-0.2, 0) is 0 Å². The van der Waals surface area contributed by atoms with Crippen LogP contribution >= 0.6 is 0 Å². The van der Waals surface area contributed by atoms with Crippen molar-refractivity contribution in [2.45, 2.75) is 68.1 Å². The minimum atomic E-state index is -3.01. The third-order valence-electron chi connectivity index (χ3n) is 8.63. The van der Waals surface area contributed by atoms with E-state index >= 15 is 0 Å². The Labute approximate surface area is 236 Å². The quantitative estimate of drug-likeness (QED) is 0.237. The van der Waals surface area contributed by atoms with Gasteiger partial charge in [-0.15, -0.1) is 0 Å². The van der Waals surface area contributed by atoms with Crippen LogP contribution in [0.1, 0.15) is 58.2 Å². The summed E-state index contributed by atoms with van der Waals surface area (Å²) >= 11 is -3.01. The van der Waals surface area contributed by atoms with Crippen LogP contribution in [0.3, 0.4) is 0 Å². The molecule has 0 atom stereocenters. The van der Waals surface area contributed by atoms with Gasteiger partial charge in [0.2, 0.25) is 0 Å². The van der Waals surface area contributed by atoms with E-state index in [4.69, 9.17) is 0 Å². The van der Waals surface area contributed by atoms with Crippen molar-refractivity contribution in [3.05, 3.63) is 71.3 Å². The molecule has 206 valence electrons. The number of aryl methyl sites for hydroxylation is 3.